The minimum atomic E-state index is -0.00103. The molecule has 0 spiro atoms. The van der Waals surface area contributed by atoms with Crippen molar-refractivity contribution in [2.75, 3.05) is 68.7 Å². The third-order valence-electron chi connectivity index (χ3n) is 14.1. The number of ether oxygens (including phenoxy) is 4. The third-order valence-corrected chi connectivity index (χ3v) is 14.1. The van der Waals surface area contributed by atoms with Crippen molar-refractivity contribution in [1.29, 1.82) is 0 Å². The number of hydrogen-bond donors (Lipinski definition) is 0. The van der Waals surface area contributed by atoms with Gasteiger partial charge >= 0.3 is 11.4 Å². The van der Waals surface area contributed by atoms with Crippen molar-refractivity contribution in [3.63, 3.8) is 0 Å². The first kappa shape index (κ1) is 48.6. The van der Waals surface area contributed by atoms with E-state index < -0.39 is 0 Å². The molecule has 2 saturated carbocycles. The summed E-state index contributed by atoms with van der Waals surface area (Å²) in [4.78, 5) is 49.2. The van der Waals surface area contributed by atoms with Crippen molar-refractivity contribution in [2.24, 2.45) is 14.1 Å². The summed E-state index contributed by atoms with van der Waals surface area (Å²) in [5, 5.41) is 1.95. The number of imidazole rings is 2. The predicted molar refractivity (Wildman–Crippen MR) is 276 cm³/mol. The highest BCUT2D eigenvalue weighted by molar-refractivity contribution is 6.05. The van der Waals surface area contributed by atoms with E-state index in [0.717, 1.165) is 131 Å². The lowest BCUT2D eigenvalue weighted by atomic mass is 10.0. The molecule has 0 saturated heterocycles. The van der Waals surface area contributed by atoms with Crippen LogP contribution in [0.3, 0.4) is 0 Å². The van der Waals surface area contributed by atoms with Gasteiger partial charge in [-0.1, -0.05) is 12.1 Å². The van der Waals surface area contributed by atoms with Crippen molar-refractivity contribution in [3.8, 4) is 34.0 Å². The molecule has 2 aliphatic carbocycles. The van der Waals surface area contributed by atoms with Crippen molar-refractivity contribution < 1.29 is 18.9 Å². The van der Waals surface area contributed by atoms with Gasteiger partial charge in [-0.2, -0.15) is 0 Å². The van der Waals surface area contributed by atoms with Crippen molar-refractivity contribution in [1.82, 2.24) is 48.0 Å². The molecule has 0 unspecified atom stereocenters. The zero-order valence-corrected chi connectivity index (χ0v) is 41.8. The summed E-state index contributed by atoms with van der Waals surface area (Å²) in [6.07, 6.45) is 15.1. The van der Waals surface area contributed by atoms with Crippen LogP contribution in [0, 0.1) is 0 Å². The zero-order chi connectivity index (χ0) is 49.1. The number of fused-ring (bicyclic) bond motifs is 6. The first-order valence-corrected chi connectivity index (χ1v) is 24.4. The Morgan fingerprint density at radius 1 is 0.543 bits per heavy atom. The van der Waals surface area contributed by atoms with Gasteiger partial charge in [0.15, 0.2) is 0 Å². The maximum Gasteiger partial charge on any atom is 0.329 e. The maximum absolute atomic E-state index is 13.3. The van der Waals surface area contributed by atoms with E-state index in [2.05, 4.69) is 82.2 Å². The number of nitrogens with zero attached hydrogens (tertiary/aromatic N) is 10. The van der Waals surface area contributed by atoms with Crippen LogP contribution in [0.25, 0.3) is 66.1 Å². The van der Waals surface area contributed by atoms with Gasteiger partial charge in [0, 0.05) is 99.9 Å². The summed E-state index contributed by atoms with van der Waals surface area (Å²) in [7, 11) is 15.4. The van der Waals surface area contributed by atoms with Gasteiger partial charge in [-0.15, -0.1) is 0 Å². The highest BCUT2D eigenvalue weighted by atomic mass is 16.5. The third kappa shape index (κ3) is 10.1. The number of rotatable bonds is 16. The molecule has 6 heterocycles. The lowest BCUT2D eigenvalue weighted by Gasteiger charge is -2.14. The molecular weight excluding hydrogens is 885 g/mol. The largest absolute Gasteiger partial charge is 0.478 e. The van der Waals surface area contributed by atoms with Crippen molar-refractivity contribution in [3.05, 3.63) is 106 Å². The smallest absolute Gasteiger partial charge is 0.329 e. The van der Waals surface area contributed by atoms with Gasteiger partial charge in [-0.05, 0) is 127 Å². The standard InChI is InChI=1S/2C27H33N5O3/c2*1-30(2)12-5-13-35-25-11-7-19(16-29-25)18-6-10-23-22(14-18)26-24(17-28-23)31(3)27(33)32(26)20-8-9-21(15-20)34-4/h2*6-7,10-11,14,16-17,20-21H,5,8-9,12-13,15H2,1-4H3/t2*20-,21-/m10/s1. The maximum atomic E-state index is 13.3. The van der Waals surface area contributed by atoms with Gasteiger partial charge in [0.05, 0.1) is 70.9 Å². The van der Waals surface area contributed by atoms with Crippen LogP contribution >= 0.6 is 0 Å². The van der Waals surface area contributed by atoms with Crippen molar-refractivity contribution >= 4 is 43.9 Å². The first-order chi connectivity index (χ1) is 33.9. The minimum absolute atomic E-state index is 0.00103. The Bertz CT molecular complexity index is 3000. The molecule has 0 bridgehead atoms. The van der Waals surface area contributed by atoms with E-state index in [9.17, 15) is 9.59 Å². The van der Waals surface area contributed by atoms with Crippen LogP contribution < -0.4 is 20.9 Å². The minimum Gasteiger partial charge on any atom is -0.478 e. The first-order valence-electron chi connectivity index (χ1n) is 24.4. The summed E-state index contributed by atoms with van der Waals surface area (Å²) >= 11 is 0. The van der Waals surface area contributed by atoms with E-state index in [1.54, 1.807) is 23.4 Å². The molecule has 8 aromatic rings. The lowest BCUT2D eigenvalue weighted by molar-refractivity contribution is 0.105. The van der Waals surface area contributed by atoms with Gasteiger partial charge < -0.3 is 28.7 Å². The van der Waals surface area contributed by atoms with E-state index in [-0.39, 0.29) is 35.7 Å². The number of pyridine rings is 4. The van der Waals surface area contributed by atoms with E-state index in [1.807, 2.05) is 84.4 Å². The molecule has 0 amide bonds. The average molecular weight is 951 g/mol. The van der Waals surface area contributed by atoms with Crippen LogP contribution in [0.15, 0.2) is 95.0 Å². The molecule has 0 aliphatic heterocycles. The van der Waals surface area contributed by atoms with Crippen LogP contribution in [0.4, 0.5) is 0 Å². The SMILES string of the molecule is CO[C@@H]1CC[C@@H](n2c(=O)n(C)c3cnc4ccc(-c5ccc(OCCCN(C)C)nc5)cc4c32)C1.CO[C@H]1CC[C@H](n2c(=O)n(C)c3cnc4ccc(-c5ccc(OCCCN(C)C)nc5)cc4c32)C1. The second-order valence-electron chi connectivity index (χ2n) is 19.3. The Morgan fingerprint density at radius 3 is 1.31 bits per heavy atom. The van der Waals surface area contributed by atoms with Gasteiger partial charge in [0.25, 0.3) is 0 Å². The molecule has 0 radical (unpaired) electrons. The topological polar surface area (TPSA) is 149 Å². The summed E-state index contributed by atoms with van der Waals surface area (Å²) in [5.41, 5.74) is 9.37. The molecule has 10 rings (SSSR count). The van der Waals surface area contributed by atoms with Crippen LogP contribution in [0.2, 0.25) is 0 Å². The molecule has 368 valence electrons. The van der Waals surface area contributed by atoms with E-state index in [0.29, 0.717) is 25.0 Å². The highest BCUT2D eigenvalue weighted by Crippen LogP contribution is 2.38. The second kappa shape index (κ2) is 21.3. The summed E-state index contributed by atoms with van der Waals surface area (Å²) in [5.74, 6) is 1.26. The zero-order valence-electron chi connectivity index (χ0n) is 41.8. The molecular formula is C54H66N10O6. The quantitative estimate of drug-likeness (QED) is 0.0864. The van der Waals surface area contributed by atoms with Crippen LogP contribution in [0.1, 0.15) is 63.5 Å². The molecule has 6 aromatic heterocycles. The molecule has 2 aromatic carbocycles. The molecule has 70 heavy (non-hydrogen) atoms. The Labute approximate surface area is 408 Å². The monoisotopic (exact) mass is 951 g/mol. The summed E-state index contributed by atoms with van der Waals surface area (Å²) in [6.45, 7) is 3.24. The Balaban J connectivity index is 0.000000174. The van der Waals surface area contributed by atoms with Crippen LogP contribution in [-0.4, -0.2) is 129 Å². The fourth-order valence-corrected chi connectivity index (χ4v) is 10.2. The van der Waals surface area contributed by atoms with Gasteiger partial charge in [-0.25, -0.2) is 19.6 Å². The number of methoxy groups -OCH3 is 2. The van der Waals surface area contributed by atoms with Gasteiger partial charge in [-0.3, -0.25) is 28.2 Å². The second-order valence-corrected chi connectivity index (χ2v) is 19.3. The normalized spacial score (nSPS) is 18.2. The van der Waals surface area contributed by atoms with E-state index in [4.69, 9.17) is 18.9 Å². The van der Waals surface area contributed by atoms with Gasteiger partial charge in [0.1, 0.15) is 0 Å². The molecule has 16 nitrogen and oxygen atoms in total. The molecule has 4 atom stereocenters. The van der Waals surface area contributed by atoms with Crippen molar-refractivity contribution in [2.45, 2.75) is 75.7 Å². The van der Waals surface area contributed by atoms with Crippen LogP contribution in [0.5, 0.6) is 11.8 Å². The fourth-order valence-electron chi connectivity index (χ4n) is 10.2. The van der Waals surface area contributed by atoms with Gasteiger partial charge in [0.2, 0.25) is 11.8 Å². The van der Waals surface area contributed by atoms with Crippen LogP contribution in [-0.2, 0) is 23.6 Å². The summed E-state index contributed by atoms with van der Waals surface area (Å²) < 4.78 is 30.1. The fraction of sp³-hybridized carbons (Fsp3) is 0.444. The molecule has 2 fully saturated rings. The summed E-state index contributed by atoms with van der Waals surface area (Å²) in [6, 6.07) is 20.5. The number of aryl methyl sites for hydroxylation is 2. The highest BCUT2D eigenvalue weighted by Gasteiger charge is 2.31. The lowest BCUT2D eigenvalue weighted by Crippen LogP contribution is -2.25. The Morgan fingerprint density at radius 2 is 0.957 bits per heavy atom. The molecule has 0 N–H and O–H groups in total. The molecule has 2 aliphatic rings. The average Bonchev–Trinajstić information content (AvgIpc) is 4.16. The van der Waals surface area contributed by atoms with E-state index >= 15 is 0 Å². The number of benzene rings is 2. The van der Waals surface area contributed by atoms with E-state index in [1.165, 1.54) is 0 Å². The Hall–Kier alpha value is -6.46. The number of hydrogen-bond acceptors (Lipinski definition) is 12. The number of aromatic nitrogens is 8. The Kier molecular flexibility index (Phi) is 14.8. The molecule has 16 heteroatoms. The predicted octanol–water partition coefficient (Wildman–Crippen LogP) is 8.04.